The molecule has 0 aromatic heterocycles. The van der Waals surface area contributed by atoms with Crippen molar-refractivity contribution in [2.45, 2.75) is 0 Å². The fraction of sp³-hybridized carbons (Fsp3) is 0.0714. The second-order valence-corrected chi connectivity index (χ2v) is 4.19. The molecule has 0 amide bonds. The fourth-order valence-corrected chi connectivity index (χ4v) is 2.13. The van der Waals surface area contributed by atoms with Crippen molar-refractivity contribution in [2.24, 2.45) is 0 Å². The lowest BCUT2D eigenvalue weighted by Gasteiger charge is -2.11. The van der Waals surface area contributed by atoms with E-state index in [9.17, 15) is 9.59 Å². The Labute approximate surface area is 113 Å². The molecule has 0 saturated heterocycles. The first-order valence-corrected chi connectivity index (χ1v) is 5.79. The highest BCUT2D eigenvalue weighted by molar-refractivity contribution is 6.25. The van der Waals surface area contributed by atoms with Gasteiger partial charge in [0.25, 0.3) is 0 Å². The lowest BCUT2D eigenvalue weighted by Crippen LogP contribution is -2.21. The van der Waals surface area contributed by atoms with Crippen molar-refractivity contribution in [3.8, 4) is 11.5 Å². The van der Waals surface area contributed by atoms with E-state index in [2.05, 4.69) is 6.58 Å². The Morgan fingerprint density at radius 3 is 2.70 bits per heavy atom. The molecule has 0 aliphatic carbocycles. The average molecular weight is 272 g/mol. The van der Waals surface area contributed by atoms with Crippen molar-refractivity contribution < 1.29 is 28.7 Å². The lowest BCUT2D eigenvalue weighted by molar-refractivity contribution is -0.355. The Morgan fingerprint density at radius 2 is 2.05 bits per heavy atom. The first-order chi connectivity index (χ1) is 9.61. The van der Waals surface area contributed by atoms with E-state index in [1.54, 1.807) is 12.3 Å². The van der Waals surface area contributed by atoms with Crippen molar-refractivity contribution in [3.63, 3.8) is 0 Å². The summed E-state index contributed by atoms with van der Waals surface area (Å²) in [4.78, 5) is 23.3. The highest BCUT2D eigenvalue weighted by Crippen LogP contribution is 2.40. The maximum absolute atomic E-state index is 12.2. The number of nitrogens with zero attached hydrogens (tertiary/aromatic N) is 1. The van der Waals surface area contributed by atoms with Gasteiger partial charge in [-0.3, -0.25) is 4.79 Å². The number of Topliss-reactive ketones (excluding diaryl/α,β-unsaturated/α-hetero) is 1. The molecule has 0 fully saturated rings. The number of carboxylic acids is 1. The number of fused-ring (bicyclic) bond motifs is 2. The van der Waals surface area contributed by atoms with Gasteiger partial charge in [0.05, 0.1) is 11.6 Å². The molecular weight excluding hydrogens is 262 g/mol. The quantitative estimate of drug-likeness (QED) is 0.652. The summed E-state index contributed by atoms with van der Waals surface area (Å²) in [6.07, 6.45) is 4.33. The Kier molecular flexibility index (Phi) is 2.64. The van der Waals surface area contributed by atoms with Gasteiger partial charge in [-0.25, -0.2) is 4.79 Å². The summed E-state index contributed by atoms with van der Waals surface area (Å²) in [5.41, 5.74) is 0.478. The first-order valence-electron chi connectivity index (χ1n) is 5.79. The predicted molar refractivity (Wildman–Crippen MR) is 68.8 cm³/mol. The number of rotatable bonds is 2. The minimum Gasteiger partial charge on any atom is -0.477 e. The molecule has 0 atom stereocenters. The largest absolute Gasteiger partial charge is 0.477 e. The van der Waals surface area contributed by atoms with Crippen molar-refractivity contribution in [3.05, 3.63) is 42.1 Å². The molecule has 0 spiro atoms. The van der Waals surface area contributed by atoms with Crippen LogP contribution >= 0.6 is 0 Å². The topological polar surface area (TPSA) is 75.8 Å². The minimum absolute atomic E-state index is 0.0802. The number of carboxylic acid groups (broad SMARTS) is 1. The summed E-state index contributed by atoms with van der Waals surface area (Å²) in [5.74, 6) is -0.881. The molecule has 1 aromatic rings. The second-order valence-electron chi connectivity index (χ2n) is 4.19. The van der Waals surface area contributed by atoms with Crippen LogP contribution < -0.4 is 9.47 Å². The number of benzene rings is 1. The SMILES string of the molecule is C=CC=[N+]1C=C(C(=O)O)C(=O)c2cc3c(cc21)OCO3. The minimum atomic E-state index is -1.28. The Balaban J connectivity index is 2.25. The zero-order chi connectivity index (χ0) is 14.3. The van der Waals surface area contributed by atoms with Crippen LogP contribution in [-0.4, -0.2) is 34.4 Å². The van der Waals surface area contributed by atoms with Gasteiger partial charge in [0, 0.05) is 6.07 Å². The number of aliphatic carboxylic acids is 1. The van der Waals surface area contributed by atoms with Gasteiger partial charge in [-0.1, -0.05) is 6.58 Å². The zero-order valence-corrected chi connectivity index (χ0v) is 10.3. The third kappa shape index (κ3) is 1.70. The van der Waals surface area contributed by atoms with Crippen molar-refractivity contribution in [1.29, 1.82) is 0 Å². The summed E-state index contributed by atoms with van der Waals surface area (Å²) in [5, 5.41) is 9.10. The molecule has 1 aromatic carbocycles. The highest BCUT2D eigenvalue weighted by Gasteiger charge is 2.35. The fourth-order valence-electron chi connectivity index (χ4n) is 2.13. The average Bonchev–Trinajstić information content (AvgIpc) is 2.87. The molecule has 20 heavy (non-hydrogen) atoms. The van der Waals surface area contributed by atoms with Crippen LogP contribution in [-0.2, 0) is 4.79 Å². The molecule has 1 N–H and O–H groups in total. The van der Waals surface area contributed by atoms with Crippen molar-refractivity contribution >= 4 is 23.7 Å². The zero-order valence-electron chi connectivity index (χ0n) is 10.3. The molecule has 3 rings (SSSR count). The van der Waals surface area contributed by atoms with E-state index in [1.165, 1.54) is 22.9 Å². The molecule has 2 aliphatic heterocycles. The smallest absolute Gasteiger partial charge is 0.345 e. The van der Waals surface area contributed by atoms with Crippen LogP contribution in [0.4, 0.5) is 5.69 Å². The summed E-state index contributed by atoms with van der Waals surface area (Å²) >= 11 is 0. The molecule has 100 valence electrons. The normalized spacial score (nSPS) is 17.7. The van der Waals surface area contributed by atoms with Gasteiger partial charge in [-0.15, -0.1) is 0 Å². The maximum Gasteiger partial charge on any atom is 0.345 e. The molecular formula is C14H10NO5+. The van der Waals surface area contributed by atoms with E-state index >= 15 is 0 Å². The highest BCUT2D eigenvalue weighted by atomic mass is 16.7. The number of hydrogen-bond acceptors (Lipinski definition) is 4. The van der Waals surface area contributed by atoms with Crippen molar-refractivity contribution in [1.82, 2.24) is 0 Å². The Morgan fingerprint density at radius 1 is 1.35 bits per heavy atom. The molecule has 2 aliphatic rings. The molecule has 0 radical (unpaired) electrons. The van der Waals surface area contributed by atoms with E-state index in [1.807, 2.05) is 0 Å². The van der Waals surface area contributed by atoms with E-state index in [0.29, 0.717) is 17.2 Å². The van der Waals surface area contributed by atoms with Crippen LogP contribution in [0.15, 0.2) is 36.6 Å². The number of hydrogen-bond donors (Lipinski definition) is 1. The van der Waals surface area contributed by atoms with Gasteiger partial charge >= 0.3 is 5.97 Å². The molecule has 0 bridgehead atoms. The molecule has 2 heterocycles. The summed E-state index contributed by atoms with van der Waals surface area (Å²) in [6.45, 7) is 3.65. The van der Waals surface area contributed by atoms with Gasteiger partial charge in [0.1, 0.15) is 0 Å². The van der Waals surface area contributed by atoms with Crippen LogP contribution in [0.3, 0.4) is 0 Å². The lowest BCUT2D eigenvalue weighted by atomic mass is 9.98. The van der Waals surface area contributed by atoms with Gasteiger partial charge in [0.15, 0.2) is 29.5 Å². The van der Waals surface area contributed by atoms with Crippen LogP contribution in [0.2, 0.25) is 0 Å². The third-order valence-corrected chi connectivity index (χ3v) is 3.02. The van der Waals surface area contributed by atoms with E-state index in [4.69, 9.17) is 14.6 Å². The summed E-state index contributed by atoms with van der Waals surface area (Å²) in [6, 6.07) is 3.14. The predicted octanol–water partition coefficient (Wildman–Crippen LogP) is 1.48. The van der Waals surface area contributed by atoms with Crippen LogP contribution in [0.1, 0.15) is 10.4 Å². The van der Waals surface area contributed by atoms with Gasteiger partial charge in [-0.2, -0.15) is 4.58 Å². The van der Waals surface area contributed by atoms with Crippen molar-refractivity contribution in [2.75, 3.05) is 6.79 Å². The third-order valence-electron chi connectivity index (χ3n) is 3.02. The number of carbonyl (C=O) groups excluding carboxylic acids is 1. The summed E-state index contributed by atoms with van der Waals surface area (Å²) < 4.78 is 12.0. The number of ether oxygens (including phenoxy) is 2. The number of carbonyl (C=O) groups is 2. The number of allylic oxidation sites excluding steroid dienone is 1. The first kappa shape index (κ1) is 12.2. The number of ketones is 1. The van der Waals surface area contributed by atoms with Gasteiger partial charge < -0.3 is 14.6 Å². The molecule has 0 saturated carbocycles. The van der Waals surface area contributed by atoms with Crippen LogP contribution in [0.5, 0.6) is 11.5 Å². The molecule has 0 unspecified atom stereocenters. The second kappa shape index (κ2) is 4.34. The van der Waals surface area contributed by atoms with E-state index in [-0.39, 0.29) is 17.9 Å². The molecule has 6 nitrogen and oxygen atoms in total. The standard InChI is InChI=1S/C14H9NO5/c1-2-3-15-6-9(14(17)18)13(16)8-4-11-12(5-10(8)15)20-7-19-11/h2-6H,1,7H2/p+1. The maximum atomic E-state index is 12.2. The van der Waals surface area contributed by atoms with E-state index in [0.717, 1.165) is 0 Å². The Hall–Kier alpha value is -2.89. The monoisotopic (exact) mass is 272 g/mol. The van der Waals surface area contributed by atoms with Crippen LogP contribution in [0.25, 0.3) is 0 Å². The Bertz CT molecular complexity index is 715. The summed E-state index contributed by atoms with van der Waals surface area (Å²) in [7, 11) is 0. The van der Waals surface area contributed by atoms with Crippen LogP contribution in [0, 0.1) is 0 Å². The van der Waals surface area contributed by atoms with Gasteiger partial charge in [0.2, 0.25) is 18.3 Å². The molecule has 6 heteroatoms. The van der Waals surface area contributed by atoms with E-state index < -0.39 is 11.8 Å². The van der Waals surface area contributed by atoms with Gasteiger partial charge in [-0.05, 0) is 6.08 Å².